The Balaban J connectivity index is 3.12. The van der Waals surface area contributed by atoms with Crippen molar-refractivity contribution in [2.45, 2.75) is 110 Å². The average Bonchev–Trinajstić information content (AvgIpc) is 2.51. The third-order valence-corrected chi connectivity index (χ3v) is 4.17. The van der Waals surface area contributed by atoms with E-state index in [-0.39, 0.29) is 0 Å². The molecule has 22 heavy (non-hydrogen) atoms. The van der Waals surface area contributed by atoms with E-state index >= 15 is 0 Å². The van der Waals surface area contributed by atoms with Crippen LogP contribution in [0.4, 0.5) is 0 Å². The third kappa shape index (κ3) is 17.5. The van der Waals surface area contributed by atoms with Crippen LogP contribution in [0.2, 0.25) is 0 Å². The molecule has 0 amide bonds. The maximum Gasteiger partial charge on any atom is 0.132 e. The van der Waals surface area contributed by atoms with Crippen LogP contribution in [0.3, 0.4) is 0 Å². The highest BCUT2D eigenvalue weighted by Gasteiger charge is 1.99. The standard InChI is InChI=1S/C21H39O/c1-3-5-6-7-8-9-10-11-12-13-14-15-16-17-18-20-21(22)19-4-2/h11-12H,2-10,13-20H2,1H3/b12-11-. The molecule has 0 aliphatic rings. The predicted molar refractivity (Wildman–Crippen MR) is 99.1 cm³/mol. The molecule has 129 valence electrons. The van der Waals surface area contributed by atoms with Crippen molar-refractivity contribution in [2.24, 2.45) is 0 Å². The van der Waals surface area contributed by atoms with Crippen molar-refractivity contribution in [3.05, 3.63) is 19.1 Å². The number of carbonyl (C=O) groups excluding carboxylic acids is 1. The average molecular weight is 308 g/mol. The lowest BCUT2D eigenvalue weighted by molar-refractivity contribution is -0.119. The Morgan fingerprint density at radius 3 is 1.77 bits per heavy atom. The molecule has 0 aromatic heterocycles. The van der Waals surface area contributed by atoms with Gasteiger partial charge in [-0.15, -0.1) is 0 Å². The molecule has 1 nitrogen and oxygen atoms in total. The fourth-order valence-corrected chi connectivity index (χ4v) is 2.72. The molecular weight excluding hydrogens is 268 g/mol. The zero-order valence-corrected chi connectivity index (χ0v) is 15.1. The fraction of sp³-hybridized carbons (Fsp3) is 0.810. The minimum absolute atomic E-state index is 0.396. The van der Waals surface area contributed by atoms with Crippen LogP contribution < -0.4 is 0 Å². The summed E-state index contributed by atoms with van der Waals surface area (Å²) in [5.41, 5.74) is 0. The number of Topliss-reactive ketones (excluding diaryl/α,β-unsaturated/α-hetero) is 1. The lowest BCUT2D eigenvalue weighted by Gasteiger charge is -2.00. The molecular formula is C21H39O. The molecule has 0 saturated heterocycles. The number of allylic oxidation sites excluding steroid dienone is 2. The van der Waals surface area contributed by atoms with E-state index in [2.05, 4.69) is 26.0 Å². The molecule has 0 heterocycles. The smallest absolute Gasteiger partial charge is 0.132 e. The van der Waals surface area contributed by atoms with Gasteiger partial charge in [0.25, 0.3) is 0 Å². The number of ketones is 1. The van der Waals surface area contributed by atoms with E-state index in [0.717, 1.165) is 19.3 Å². The van der Waals surface area contributed by atoms with E-state index < -0.39 is 0 Å². The number of unbranched alkanes of at least 4 members (excludes halogenated alkanes) is 11. The normalized spacial score (nSPS) is 11.4. The van der Waals surface area contributed by atoms with Crippen LogP contribution in [0, 0.1) is 6.92 Å². The van der Waals surface area contributed by atoms with Gasteiger partial charge in [-0.25, -0.2) is 0 Å². The molecule has 0 atom stereocenters. The summed E-state index contributed by atoms with van der Waals surface area (Å²) < 4.78 is 0. The van der Waals surface area contributed by atoms with E-state index in [4.69, 9.17) is 0 Å². The molecule has 0 bridgehead atoms. The Bertz CT molecular complexity index is 255. The SMILES string of the molecule is [CH2]CCC(=O)CCCCCCC/C=C\CCCCCCCC. The number of hydrogen-bond donors (Lipinski definition) is 0. The van der Waals surface area contributed by atoms with Crippen LogP contribution in [0.5, 0.6) is 0 Å². The molecule has 0 fully saturated rings. The lowest BCUT2D eigenvalue weighted by atomic mass is 10.1. The summed E-state index contributed by atoms with van der Waals surface area (Å²) in [6.07, 6.45) is 24.0. The van der Waals surface area contributed by atoms with Crippen LogP contribution in [0.1, 0.15) is 110 Å². The second-order valence-corrected chi connectivity index (χ2v) is 6.48. The lowest BCUT2D eigenvalue weighted by Crippen LogP contribution is -1.96. The van der Waals surface area contributed by atoms with Gasteiger partial charge in [-0.05, 0) is 38.5 Å². The highest BCUT2D eigenvalue weighted by atomic mass is 16.1. The molecule has 0 rings (SSSR count). The zero-order chi connectivity index (χ0) is 16.3. The number of hydrogen-bond acceptors (Lipinski definition) is 1. The molecule has 0 aliphatic carbocycles. The van der Waals surface area contributed by atoms with Crippen molar-refractivity contribution in [1.29, 1.82) is 0 Å². The van der Waals surface area contributed by atoms with Gasteiger partial charge in [-0.3, -0.25) is 4.79 Å². The summed E-state index contributed by atoms with van der Waals surface area (Å²) in [7, 11) is 0. The third-order valence-electron chi connectivity index (χ3n) is 4.17. The molecule has 1 heteroatoms. The molecule has 1 radical (unpaired) electrons. The molecule has 0 aromatic rings. The first-order valence-corrected chi connectivity index (χ1v) is 9.77. The van der Waals surface area contributed by atoms with E-state index in [9.17, 15) is 4.79 Å². The largest absolute Gasteiger partial charge is 0.300 e. The van der Waals surface area contributed by atoms with Crippen LogP contribution in [-0.2, 0) is 4.79 Å². The zero-order valence-electron chi connectivity index (χ0n) is 15.1. The fourth-order valence-electron chi connectivity index (χ4n) is 2.72. The first kappa shape index (κ1) is 21.4. The minimum atomic E-state index is 0.396. The Morgan fingerprint density at radius 1 is 0.727 bits per heavy atom. The summed E-state index contributed by atoms with van der Waals surface area (Å²) >= 11 is 0. The van der Waals surface area contributed by atoms with Gasteiger partial charge in [0, 0.05) is 12.8 Å². The molecule has 0 N–H and O–H groups in total. The van der Waals surface area contributed by atoms with Gasteiger partial charge in [0.1, 0.15) is 5.78 Å². The van der Waals surface area contributed by atoms with Gasteiger partial charge in [-0.1, -0.05) is 77.4 Å². The van der Waals surface area contributed by atoms with Crippen LogP contribution >= 0.6 is 0 Å². The maximum absolute atomic E-state index is 11.3. The van der Waals surface area contributed by atoms with E-state index in [1.807, 2.05) is 0 Å². The topological polar surface area (TPSA) is 17.1 Å². The van der Waals surface area contributed by atoms with Crippen molar-refractivity contribution < 1.29 is 4.79 Å². The summed E-state index contributed by atoms with van der Waals surface area (Å²) in [5, 5.41) is 0. The van der Waals surface area contributed by atoms with Gasteiger partial charge >= 0.3 is 0 Å². The molecule has 0 aromatic carbocycles. The van der Waals surface area contributed by atoms with Gasteiger partial charge < -0.3 is 0 Å². The molecule has 0 saturated carbocycles. The maximum atomic E-state index is 11.3. The van der Waals surface area contributed by atoms with Crippen molar-refractivity contribution >= 4 is 5.78 Å². The van der Waals surface area contributed by atoms with Crippen molar-refractivity contribution in [3.8, 4) is 0 Å². The predicted octanol–water partition coefficient (Wildman–Crippen LogP) is 7.21. The molecule has 0 unspecified atom stereocenters. The Kier molecular flexibility index (Phi) is 18.0. The number of rotatable bonds is 17. The number of carbonyl (C=O) groups is 1. The van der Waals surface area contributed by atoms with Crippen molar-refractivity contribution in [2.75, 3.05) is 0 Å². The van der Waals surface area contributed by atoms with Crippen LogP contribution in [-0.4, -0.2) is 5.78 Å². The summed E-state index contributed by atoms with van der Waals surface area (Å²) in [6, 6.07) is 0. The minimum Gasteiger partial charge on any atom is -0.300 e. The van der Waals surface area contributed by atoms with Gasteiger partial charge in [0.05, 0.1) is 0 Å². The van der Waals surface area contributed by atoms with Crippen molar-refractivity contribution in [1.82, 2.24) is 0 Å². The van der Waals surface area contributed by atoms with Crippen molar-refractivity contribution in [3.63, 3.8) is 0 Å². The monoisotopic (exact) mass is 307 g/mol. The Labute approximate surface area is 140 Å². The first-order chi connectivity index (χ1) is 10.8. The van der Waals surface area contributed by atoms with Crippen LogP contribution in [0.15, 0.2) is 12.2 Å². The Hall–Kier alpha value is -0.590. The van der Waals surface area contributed by atoms with Gasteiger partial charge in [0.15, 0.2) is 0 Å². The second-order valence-electron chi connectivity index (χ2n) is 6.48. The summed E-state index contributed by atoms with van der Waals surface area (Å²) in [4.78, 5) is 11.3. The van der Waals surface area contributed by atoms with E-state index in [0.29, 0.717) is 12.2 Å². The van der Waals surface area contributed by atoms with E-state index in [1.165, 1.54) is 77.0 Å². The highest BCUT2D eigenvalue weighted by Crippen LogP contribution is 2.10. The first-order valence-electron chi connectivity index (χ1n) is 9.77. The van der Waals surface area contributed by atoms with E-state index in [1.54, 1.807) is 0 Å². The second kappa shape index (κ2) is 18.5. The summed E-state index contributed by atoms with van der Waals surface area (Å²) in [6.45, 7) is 5.99. The van der Waals surface area contributed by atoms with Gasteiger partial charge in [-0.2, -0.15) is 0 Å². The summed E-state index contributed by atoms with van der Waals surface area (Å²) in [5.74, 6) is 0.396. The molecule has 0 spiro atoms. The van der Waals surface area contributed by atoms with Gasteiger partial charge in [0.2, 0.25) is 0 Å². The van der Waals surface area contributed by atoms with Crippen LogP contribution in [0.25, 0.3) is 0 Å². The molecule has 0 aliphatic heterocycles. The Morgan fingerprint density at radius 2 is 1.23 bits per heavy atom. The highest BCUT2D eigenvalue weighted by molar-refractivity contribution is 5.78. The quantitative estimate of drug-likeness (QED) is 0.205.